The molecule has 3 rings (SSSR count). The van der Waals surface area contributed by atoms with E-state index in [1.807, 2.05) is 36.6 Å². The molecule has 0 atom stereocenters. The van der Waals surface area contributed by atoms with Crippen LogP contribution in [0.3, 0.4) is 0 Å². The fourth-order valence-electron chi connectivity index (χ4n) is 2.74. The number of amides is 1. The number of benzene rings is 1. The summed E-state index contributed by atoms with van der Waals surface area (Å²) in [6.07, 6.45) is 2.60. The van der Waals surface area contributed by atoms with Crippen LogP contribution in [0.25, 0.3) is 11.0 Å². The topological polar surface area (TPSA) is 75.8 Å². The molecule has 126 valence electrons. The minimum Gasteiger partial charge on any atom is -0.464 e. The van der Waals surface area contributed by atoms with E-state index in [9.17, 15) is 4.79 Å². The first-order valence-corrected chi connectivity index (χ1v) is 8.37. The second kappa shape index (κ2) is 7.00. The number of nitrogens with one attached hydrogen (secondary N) is 2. The third kappa shape index (κ3) is 3.41. The lowest BCUT2D eigenvalue weighted by Crippen LogP contribution is -2.27. The van der Waals surface area contributed by atoms with Crippen LogP contribution in [-0.2, 0) is 24.2 Å². The highest BCUT2D eigenvalue weighted by Gasteiger charge is 2.11. The highest BCUT2D eigenvalue weighted by atomic mass is 32.1. The number of H-pyrrole nitrogens is 1. The largest absolute Gasteiger partial charge is 0.464 e. The molecule has 0 aliphatic rings. The highest BCUT2D eigenvalue weighted by Crippen LogP contribution is 2.22. The van der Waals surface area contributed by atoms with E-state index in [1.165, 1.54) is 0 Å². The monoisotopic (exact) mass is 344 g/mol. The zero-order chi connectivity index (χ0) is 17.1. The molecule has 24 heavy (non-hydrogen) atoms. The van der Waals surface area contributed by atoms with E-state index in [0.29, 0.717) is 24.2 Å². The molecule has 0 fully saturated rings. The number of hydrogen-bond donors (Lipinski definition) is 2. The Labute approximate surface area is 144 Å². The number of carbonyl (C=O) groups excluding carboxylic acids is 1. The first-order chi connectivity index (χ1) is 11.6. The Balaban J connectivity index is 1.58. The Morgan fingerprint density at radius 3 is 3.08 bits per heavy atom. The smallest absolute Gasteiger partial charge is 0.224 e. The van der Waals surface area contributed by atoms with Gasteiger partial charge >= 0.3 is 0 Å². The summed E-state index contributed by atoms with van der Waals surface area (Å²) in [6.45, 7) is 5.31. The van der Waals surface area contributed by atoms with Crippen LogP contribution in [-0.4, -0.2) is 27.2 Å². The number of nitrogens with zero attached hydrogens (tertiary/aromatic N) is 2. The first kappa shape index (κ1) is 16.4. The van der Waals surface area contributed by atoms with Crippen molar-refractivity contribution in [1.29, 1.82) is 0 Å². The van der Waals surface area contributed by atoms with Crippen LogP contribution in [0.2, 0.25) is 0 Å². The highest BCUT2D eigenvalue weighted by molar-refractivity contribution is 7.71. The Morgan fingerprint density at radius 2 is 2.29 bits per heavy atom. The maximum Gasteiger partial charge on any atom is 0.224 e. The van der Waals surface area contributed by atoms with Gasteiger partial charge in [0.25, 0.3) is 0 Å². The number of rotatable bonds is 6. The molecule has 3 aromatic rings. The predicted octanol–water partition coefficient (Wildman–Crippen LogP) is 2.92. The van der Waals surface area contributed by atoms with Crippen molar-refractivity contribution in [3.8, 4) is 0 Å². The molecule has 2 N–H and O–H groups in total. The molecular formula is C17H20N4O2S. The fraction of sp³-hybridized carbons (Fsp3) is 0.353. The van der Waals surface area contributed by atoms with Gasteiger partial charge in [-0.25, -0.2) is 0 Å². The van der Waals surface area contributed by atoms with Crippen LogP contribution in [0.15, 0.2) is 28.9 Å². The van der Waals surface area contributed by atoms with Crippen molar-refractivity contribution in [2.75, 3.05) is 6.54 Å². The van der Waals surface area contributed by atoms with E-state index in [2.05, 4.69) is 15.5 Å². The molecule has 0 spiro atoms. The second-order valence-corrected chi connectivity index (χ2v) is 6.11. The number of fused-ring (bicyclic) bond motifs is 1. The van der Waals surface area contributed by atoms with Crippen molar-refractivity contribution in [2.45, 2.75) is 33.2 Å². The Morgan fingerprint density at radius 1 is 1.46 bits per heavy atom. The van der Waals surface area contributed by atoms with Gasteiger partial charge in [-0.2, -0.15) is 5.10 Å². The molecule has 1 aromatic carbocycles. The predicted molar refractivity (Wildman–Crippen MR) is 94.5 cm³/mol. The molecule has 0 saturated heterocycles. The van der Waals surface area contributed by atoms with Gasteiger partial charge in [0.1, 0.15) is 11.4 Å². The average Bonchev–Trinajstić information content (AvgIpc) is 3.10. The summed E-state index contributed by atoms with van der Waals surface area (Å²) in [5.74, 6) is 0.822. The van der Waals surface area contributed by atoms with E-state index >= 15 is 0 Å². The van der Waals surface area contributed by atoms with Crippen molar-refractivity contribution >= 4 is 29.1 Å². The van der Waals surface area contributed by atoms with Gasteiger partial charge in [-0.05, 0) is 37.7 Å². The first-order valence-electron chi connectivity index (χ1n) is 7.96. The number of carbonyl (C=O) groups is 1. The molecule has 6 nitrogen and oxygen atoms in total. The summed E-state index contributed by atoms with van der Waals surface area (Å²) >= 11 is 5.15. The van der Waals surface area contributed by atoms with Crippen molar-refractivity contribution in [1.82, 2.24) is 20.1 Å². The maximum atomic E-state index is 12.2. The molecule has 0 aliphatic carbocycles. The molecule has 1 amide bonds. The minimum atomic E-state index is -0.0320. The quantitative estimate of drug-likeness (QED) is 0.674. The third-order valence-corrected chi connectivity index (χ3v) is 4.30. The van der Waals surface area contributed by atoms with Gasteiger partial charge in [0.15, 0.2) is 4.77 Å². The van der Waals surface area contributed by atoms with Gasteiger partial charge in [0, 0.05) is 30.5 Å². The molecule has 0 aliphatic heterocycles. The average molecular weight is 344 g/mol. The van der Waals surface area contributed by atoms with Crippen LogP contribution < -0.4 is 5.32 Å². The lowest BCUT2D eigenvalue weighted by atomic mass is 10.1. The molecular weight excluding hydrogens is 324 g/mol. The van der Waals surface area contributed by atoms with Gasteiger partial charge in [0.2, 0.25) is 5.91 Å². The van der Waals surface area contributed by atoms with Crippen molar-refractivity contribution in [3.05, 3.63) is 46.2 Å². The number of hydrogen-bond acceptors (Lipinski definition) is 4. The van der Waals surface area contributed by atoms with Crippen LogP contribution in [0.4, 0.5) is 0 Å². The van der Waals surface area contributed by atoms with E-state index < -0.39 is 0 Å². The Hall–Kier alpha value is -2.41. The molecule has 2 heterocycles. The molecule has 0 bridgehead atoms. The molecule has 0 radical (unpaired) electrons. The van der Waals surface area contributed by atoms with Gasteiger partial charge in [-0.1, -0.05) is 12.1 Å². The van der Waals surface area contributed by atoms with Gasteiger partial charge in [-0.3, -0.25) is 9.89 Å². The van der Waals surface area contributed by atoms with Crippen LogP contribution in [0.1, 0.15) is 23.9 Å². The molecule has 0 saturated carbocycles. The van der Waals surface area contributed by atoms with Gasteiger partial charge in [0.05, 0.1) is 12.7 Å². The van der Waals surface area contributed by atoms with Gasteiger partial charge in [-0.15, -0.1) is 0 Å². The summed E-state index contributed by atoms with van der Waals surface area (Å²) in [4.78, 5) is 12.2. The summed E-state index contributed by atoms with van der Waals surface area (Å²) < 4.78 is 8.06. The van der Waals surface area contributed by atoms with Crippen molar-refractivity contribution in [3.63, 3.8) is 0 Å². The normalized spacial score (nSPS) is 11.1. The molecule has 7 heteroatoms. The van der Waals surface area contributed by atoms with Crippen LogP contribution >= 0.6 is 12.2 Å². The van der Waals surface area contributed by atoms with Crippen molar-refractivity contribution in [2.24, 2.45) is 0 Å². The summed E-state index contributed by atoms with van der Waals surface area (Å²) in [6, 6.07) is 5.99. The third-order valence-electron chi connectivity index (χ3n) is 3.99. The summed E-state index contributed by atoms with van der Waals surface area (Å²) in [5, 5.41) is 10.9. The SMILES string of the molecule is CCn1c(CCNC(=O)Cc2coc3cc(C)ccc23)n[nH]c1=S. The van der Waals surface area contributed by atoms with Crippen molar-refractivity contribution < 1.29 is 9.21 Å². The van der Waals surface area contributed by atoms with E-state index in [-0.39, 0.29) is 5.91 Å². The second-order valence-electron chi connectivity index (χ2n) is 5.73. The Bertz CT molecular complexity index is 922. The number of aryl methyl sites for hydroxylation is 1. The zero-order valence-corrected chi connectivity index (χ0v) is 14.6. The summed E-state index contributed by atoms with van der Waals surface area (Å²) in [7, 11) is 0. The minimum absolute atomic E-state index is 0.0320. The van der Waals surface area contributed by atoms with E-state index in [4.69, 9.17) is 16.6 Å². The number of aromatic amines is 1. The standard InChI is InChI=1S/C17H20N4O2S/c1-3-21-15(19-20-17(21)24)6-7-18-16(22)9-12-10-23-14-8-11(2)4-5-13(12)14/h4-5,8,10H,3,6-7,9H2,1-2H3,(H,18,22)(H,20,24). The summed E-state index contributed by atoms with van der Waals surface area (Å²) in [5.41, 5.74) is 2.85. The number of aromatic nitrogens is 3. The Kier molecular flexibility index (Phi) is 4.80. The van der Waals surface area contributed by atoms with Crippen LogP contribution in [0, 0.1) is 11.7 Å². The zero-order valence-electron chi connectivity index (χ0n) is 13.8. The number of furan rings is 1. The maximum absolute atomic E-state index is 12.2. The van der Waals surface area contributed by atoms with Gasteiger partial charge < -0.3 is 14.3 Å². The molecule has 2 aromatic heterocycles. The fourth-order valence-corrected chi connectivity index (χ4v) is 3.02. The van der Waals surface area contributed by atoms with E-state index in [0.717, 1.165) is 34.5 Å². The lowest BCUT2D eigenvalue weighted by Gasteiger charge is -2.05. The molecule has 0 unspecified atom stereocenters. The van der Waals surface area contributed by atoms with Crippen LogP contribution in [0.5, 0.6) is 0 Å². The van der Waals surface area contributed by atoms with E-state index in [1.54, 1.807) is 6.26 Å². The lowest BCUT2D eigenvalue weighted by molar-refractivity contribution is -0.120.